The topological polar surface area (TPSA) is 47.2 Å². The Kier molecular flexibility index (Phi) is 5.04. The molecule has 0 unspecified atom stereocenters. The second kappa shape index (κ2) is 7.25. The van der Waals surface area contributed by atoms with E-state index < -0.39 is 0 Å². The van der Waals surface area contributed by atoms with Gasteiger partial charge in [0.2, 0.25) is 0 Å². The molecule has 0 radical (unpaired) electrons. The number of aromatic nitrogens is 2. The second-order valence-electron chi connectivity index (χ2n) is 6.78. The molecular formula is C20H22FN3O2. The Morgan fingerprint density at radius 3 is 2.50 bits per heavy atom. The number of benzene rings is 2. The van der Waals surface area contributed by atoms with Crippen molar-refractivity contribution in [2.24, 2.45) is 0 Å². The number of fused-ring (bicyclic) bond motifs is 1. The SMILES string of the molecule is Cc1ccc2c(c1)c(=O)n(Cc1cccc(F)c1)c(=O)n2CCN(C)C. The highest BCUT2D eigenvalue weighted by atomic mass is 19.1. The van der Waals surface area contributed by atoms with E-state index in [4.69, 9.17) is 0 Å². The first-order valence-electron chi connectivity index (χ1n) is 8.50. The van der Waals surface area contributed by atoms with Gasteiger partial charge in [0.05, 0.1) is 17.4 Å². The zero-order valence-corrected chi connectivity index (χ0v) is 15.2. The lowest BCUT2D eigenvalue weighted by atomic mass is 10.1. The summed E-state index contributed by atoms with van der Waals surface area (Å²) in [6.07, 6.45) is 0. The molecule has 0 aliphatic rings. The quantitative estimate of drug-likeness (QED) is 0.705. The fourth-order valence-electron chi connectivity index (χ4n) is 3.01. The van der Waals surface area contributed by atoms with E-state index >= 15 is 0 Å². The monoisotopic (exact) mass is 355 g/mol. The van der Waals surface area contributed by atoms with E-state index in [1.165, 1.54) is 16.7 Å². The van der Waals surface area contributed by atoms with Gasteiger partial charge >= 0.3 is 5.69 Å². The van der Waals surface area contributed by atoms with Crippen LogP contribution in [0.2, 0.25) is 0 Å². The summed E-state index contributed by atoms with van der Waals surface area (Å²) in [6, 6.07) is 11.5. The average molecular weight is 355 g/mol. The zero-order chi connectivity index (χ0) is 18.8. The molecule has 6 heteroatoms. The van der Waals surface area contributed by atoms with Crippen LogP contribution in [-0.2, 0) is 13.1 Å². The summed E-state index contributed by atoms with van der Waals surface area (Å²) in [7, 11) is 3.86. The van der Waals surface area contributed by atoms with Gasteiger partial charge in [-0.3, -0.25) is 13.9 Å². The van der Waals surface area contributed by atoms with E-state index in [-0.39, 0.29) is 23.6 Å². The number of hydrogen-bond acceptors (Lipinski definition) is 3. The molecular weight excluding hydrogens is 333 g/mol. The zero-order valence-electron chi connectivity index (χ0n) is 15.2. The third-order valence-corrected chi connectivity index (χ3v) is 4.38. The van der Waals surface area contributed by atoms with Gasteiger partial charge in [-0.2, -0.15) is 0 Å². The molecule has 0 amide bonds. The molecule has 0 spiro atoms. The highest BCUT2D eigenvalue weighted by molar-refractivity contribution is 5.78. The number of aryl methyl sites for hydroxylation is 1. The lowest BCUT2D eigenvalue weighted by molar-refractivity contribution is 0.380. The normalized spacial score (nSPS) is 11.4. The van der Waals surface area contributed by atoms with Crippen LogP contribution in [0.5, 0.6) is 0 Å². The summed E-state index contributed by atoms with van der Waals surface area (Å²) in [4.78, 5) is 27.9. The largest absolute Gasteiger partial charge is 0.331 e. The maximum atomic E-state index is 13.5. The van der Waals surface area contributed by atoms with Gasteiger partial charge in [-0.25, -0.2) is 9.18 Å². The first-order chi connectivity index (χ1) is 12.4. The predicted molar refractivity (Wildman–Crippen MR) is 101 cm³/mol. The maximum absolute atomic E-state index is 13.5. The standard InChI is InChI=1S/C20H22FN3O2/c1-14-7-8-18-17(11-14)19(25)24(13-15-5-4-6-16(21)12-15)20(26)23(18)10-9-22(2)3/h4-8,11-12H,9-10,13H2,1-3H3. The molecule has 0 aliphatic carbocycles. The van der Waals surface area contributed by atoms with Crippen LogP contribution in [0.1, 0.15) is 11.1 Å². The molecule has 26 heavy (non-hydrogen) atoms. The third-order valence-electron chi connectivity index (χ3n) is 4.38. The van der Waals surface area contributed by atoms with E-state index in [1.54, 1.807) is 22.8 Å². The Morgan fingerprint density at radius 1 is 1.04 bits per heavy atom. The summed E-state index contributed by atoms with van der Waals surface area (Å²) in [5, 5.41) is 0.500. The molecule has 0 bridgehead atoms. The number of likely N-dealkylation sites (N-methyl/N-ethyl adjacent to an activating group) is 1. The molecule has 0 saturated heterocycles. The van der Waals surface area contributed by atoms with Gasteiger partial charge in [-0.05, 0) is 50.8 Å². The number of hydrogen-bond donors (Lipinski definition) is 0. The lowest BCUT2D eigenvalue weighted by Gasteiger charge is -2.16. The Morgan fingerprint density at radius 2 is 1.81 bits per heavy atom. The van der Waals surface area contributed by atoms with Gasteiger partial charge in [0.25, 0.3) is 5.56 Å². The Balaban J connectivity index is 2.21. The van der Waals surface area contributed by atoms with E-state index in [0.717, 1.165) is 5.56 Å². The minimum Gasteiger partial charge on any atom is -0.308 e. The molecule has 1 heterocycles. The van der Waals surface area contributed by atoms with Crippen molar-refractivity contribution in [3.8, 4) is 0 Å². The molecule has 0 aliphatic heterocycles. The van der Waals surface area contributed by atoms with Gasteiger partial charge in [0, 0.05) is 13.1 Å². The van der Waals surface area contributed by atoms with Gasteiger partial charge < -0.3 is 4.90 Å². The molecule has 0 atom stereocenters. The molecule has 0 N–H and O–H groups in total. The van der Waals surface area contributed by atoms with Crippen molar-refractivity contribution in [3.63, 3.8) is 0 Å². The average Bonchev–Trinajstić information content (AvgIpc) is 2.59. The van der Waals surface area contributed by atoms with Gasteiger partial charge in [-0.15, -0.1) is 0 Å². The molecule has 1 aromatic heterocycles. The summed E-state index contributed by atoms with van der Waals surface area (Å²) < 4.78 is 16.3. The Hall–Kier alpha value is -2.73. The molecule has 0 fully saturated rings. The van der Waals surface area contributed by atoms with Crippen LogP contribution in [0.4, 0.5) is 4.39 Å². The first kappa shape index (κ1) is 18.1. The van der Waals surface area contributed by atoms with Crippen LogP contribution in [0.15, 0.2) is 52.1 Å². The van der Waals surface area contributed by atoms with Gasteiger partial charge in [0.15, 0.2) is 0 Å². The highest BCUT2D eigenvalue weighted by Crippen LogP contribution is 2.12. The fourth-order valence-corrected chi connectivity index (χ4v) is 3.01. The van der Waals surface area contributed by atoms with Crippen molar-refractivity contribution in [1.82, 2.24) is 14.0 Å². The van der Waals surface area contributed by atoms with Crippen LogP contribution in [0.3, 0.4) is 0 Å². The van der Waals surface area contributed by atoms with Crippen molar-refractivity contribution >= 4 is 10.9 Å². The first-order valence-corrected chi connectivity index (χ1v) is 8.50. The van der Waals surface area contributed by atoms with E-state index in [2.05, 4.69) is 0 Å². The van der Waals surface area contributed by atoms with Crippen LogP contribution in [-0.4, -0.2) is 34.7 Å². The second-order valence-corrected chi connectivity index (χ2v) is 6.78. The minimum absolute atomic E-state index is 0.0429. The molecule has 0 saturated carbocycles. The molecule has 3 rings (SSSR count). The predicted octanol–water partition coefficient (Wildman–Crippen LogP) is 2.22. The minimum atomic E-state index is -0.389. The highest BCUT2D eigenvalue weighted by Gasteiger charge is 2.14. The Labute approximate surface area is 150 Å². The van der Waals surface area contributed by atoms with Crippen molar-refractivity contribution in [3.05, 3.63) is 80.2 Å². The van der Waals surface area contributed by atoms with E-state index in [1.807, 2.05) is 38.1 Å². The number of halogens is 1. The third kappa shape index (κ3) is 3.60. The molecule has 2 aromatic carbocycles. The smallest absolute Gasteiger partial charge is 0.308 e. The van der Waals surface area contributed by atoms with Crippen molar-refractivity contribution in [1.29, 1.82) is 0 Å². The van der Waals surface area contributed by atoms with Crippen molar-refractivity contribution in [2.75, 3.05) is 20.6 Å². The van der Waals surface area contributed by atoms with Crippen LogP contribution >= 0.6 is 0 Å². The number of rotatable bonds is 5. The fraction of sp³-hybridized carbons (Fsp3) is 0.300. The summed E-state index contributed by atoms with van der Waals surface area (Å²) in [5.74, 6) is -0.389. The number of nitrogens with zero attached hydrogens (tertiary/aromatic N) is 3. The summed E-state index contributed by atoms with van der Waals surface area (Å²) >= 11 is 0. The van der Waals surface area contributed by atoms with Crippen LogP contribution in [0.25, 0.3) is 10.9 Å². The Bertz CT molecular complexity index is 1070. The van der Waals surface area contributed by atoms with E-state index in [9.17, 15) is 14.0 Å². The van der Waals surface area contributed by atoms with Crippen molar-refractivity contribution < 1.29 is 4.39 Å². The van der Waals surface area contributed by atoms with Crippen molar-refractivity contribution in [2.45, 2.75) is 20.0 Å². The maximum Gasteiger partial charge on any atom is 0.331 e. The summed E-state index contributed by atoms with van der Waals surface area (Å²) in [6.45, 7) is 3.09. The van der Waals surface area contributed by atoms with Crippen LogP contribution in [0, 0.1) is 12.7 Å². The van der Waals surface area contributed by atoms with Gasteiger partial charge in [0.1, 0.15) is 5.82 Å². The van der Waals surface area contributed by atoms with Crippen LogP contribution < -0.4 is 11.2 Å². The molecule has 136 valence electrons. The summed E-state index contributed by atoms with van der Waals surface area (Å²) in [5.41, 5.74) is 1.43. The molecule has 5 nitrogen and oxygen atoms in total. The lowest BCUT2D eigenvalue weighted by Crippen LogP contribution is -2.41. The van der Waals surface area contributed by atoms with E-state index in [0.29, 0.717) is 29.6 Å². The molecule has 3 aromatic rings. The van der Waals surface area contributed by atoms with Gasteiger partial charge in [-0.1, -0.05) is 23.8 Å².